The van der Waals surface area contributed by atoms with Gasteiger partial charge < -0.3 is 14.7 Å². The molecule has 144 valence electrons. The number of amides is 1. The first-order valence-corrected chi connectivity index (χ1v) is 8.47. The normalized spacial score (nSPS) is 11.8. The van der Waals surface area contributed by atoms with Gasteiger partial charge >= 0.3 is 5.97 Å². The number of benzene rings is 2. The van der Waals surface area contributed by atoms with Crippen LogP contribution in [0, 0.1) is 11.6 Å². The Morgan fingerprint density at radius 1 is 1.11 bits per heavy atom. The lowest BCUT2D eigenvalue weighted by atomic mass is 10.1. The lowest BCUT2D eigenvalue weighted by molar-refractivity contribution is -0.145. The lowest BCUT2D eigenvalue weighted by Gasteiger charge is -2.26. The predicted molar refractivity (Wildman–Crippen MR) is 94.7 cm³/mol. The largest absolute Gasteiger partial charge is 0.481 e. The Balaban J connectivity index is 2.07. The molecule has 1 atom stereocenters. The van der Waals surface area contributed by atoms with E-state index in [9.17, 15) is 18.4 Å². The van der Waals surface area contributed by atoms with Crippen molar-refractivity contribution in [1.29, 1.82) is 0 Å². The van der Waals surface area contributed by atoms with E-state index in [0.717, 1.165) is 11.6 Å². The van der Waals surface area contributed by atoms with Gasteiger partial charge in [-0.15, -0.1) is 0 Å². The summed E-state index contributed by atoms with van der Waals surface area (Å²) in [5.74, 6) is -3.66. The van der Waals surface area contributed by atoms with Crippen molar-refractivity contribution >= 4 is 11.9 Å². The van der Waals surface area contributed by atoms with Gasteiger partial charge in [-0.05, 0) is 18.6 Å². The Kier molecular flexibility index (Phi) is 7.43. The van der Waals surface area contributed by atoms with E-state index < -0.39 is 29.6 Å². The highest BCUT2D eigenvalue weighted by atomic mass is 19.2. The molecule has 0 fully saturated rings. The summed E-state index contributed by atoms with van der Waals surface area (Å²) in [5.41, 5.74) is 0.856. The Morgan fingerprint density at radius 3 is 2.48 bits per heavy atom. The number of carbonyl (C=O) groups excluding carboxylic acids is 1. The van der Waals surface area contributed by atoms with Crippen LogP contribution in [-0.4, -0.2) is 34.5 Å². The van der Waals surface area contributed by atoms with Crippen molar-refractivity contribution < 1.29 is 28.2 Å². The minimum absolute atomic E-state index is 0.0241. The van der Waals surface area contributed by atoms with Crippen LogP contribution in [0.15, 0.2) is 48.5 Å². The van der Waals surface area contributed by atoms with Gasteiger partial charge in [0.15, 0.2) is 11.6 Å². The number of aliphatic carboxylic acids is 1. The van der Waals surface area contributed by atoms with Crippen molar-refractivity contribution in [2.75, 3.05) is 6.54 Å². The van der Waals surface area contributed by atoms with Gasteiger partial charge in [0.1, 0.15) is 6.10 Å². The molecule has 5 nitrogen and oxygen atoms in total. The minimum Gasteiger partial charge on any atom is -0.481 e. The van der Waals surface area contributed by atoms with Crippen LogP contribution in [0.4, 0.5) is 8.78 Å². The highest BCUT2D eigenvalue weighted by molar-refractivity contribution is 5.81. The van der Waals surface area contributed by atoms with Crippen molar-refractivity contribution in [2.45, 2.75) is 32.6 Å². The van der Waals surface area contributed by atoms with Crippen molar-refractivity contribution in [3.8, 4) is 0 Å². The molecule has 0 saturated heterocycles. The second-order valence-corrected chi connectivity index (χ2v) is 6.06. The van der Waals surface area contributed by atoms with E-state index in [1.807, 2.05) is 30.3 Å². The molecule has 0 heterocycles. The second kappa shape index (κ2) is 9.78. The number of nitrogens with zero attached hydrogens (tertiary/aromatic N) is 1. The highest BCUT2D eigenvalue weighted by Crippen LogP contribution is 2.16. The van der Waals surface area contributed by atoms with Crippen LogP contribution in [0.3, 0.4) is 0 Å². The molecule has 0 bridgehead atoms. The Hall–Kier alpha value is -2.80. The van der Waals surface area contributed by atoms with Gasteiger partial charge in [0.25, 0.3) is 5.91 Å². The molecule has 0 spiro atoms. The van der Waals surface area contributed by atoms with Gasteiger partial charge in [0, 0.05) is 18.7 Å². The molecule has 27 heavy (non-hydrogen) atoms. The number of carboxylic acids is 1. The summed E-state index contributed by atoms with van der Waals surface area (Å²) in [5, 5.41) is 8.90. The number of hydrogen-bond acceptors (Lipinski definition) is 3. The fourth-order valence-corrected chi connectivity index (χ4v) is 2.50. The molecule has 0 saturated carbocycles. The fraction of sp³-hybridized carbons (Fsp3) is 0.300. The topological polar surface area (TPSA) is 66.8 Å². The number of ether oxygens (including phenoxy) is 1. The van der Waals surface area contributed by atoms with E-state index in [1.165, 1.54) is 17.0 Å². The summed E-state index contributed by atoms with van der Waals surface area (Å²) < 4.78 is 32.9. The Bertz CT molecular complexity index is 783. The molecule has 1 amide bonds. The number of rotatable bonds is 9. The van der Waals surface area contributed by atoms with E-state index in [2.05, 4.69) is 0 Å². The van der Waals surface area contributed by atoms with Gasteiger partial charge in [-0.2, -0.15) is 0 Å². The first kappa shape index (κ1) is 20.5. The molecule has 0 aliphatic carbocycles. The first-order valence-electron chi connectivity index (χ1n) is 8.47. The molecular weight excluding hydrogens is 356 g/mol. The lowest BCUT2D eigenvalue weighted by Crippen LogP contribution is -2.40. The van der Waals surface area contributed by atoms with Crippen LogP contribution in [0.1, 0.15) is 24.5 Å². The summed E-state index contributed by atoms with van der Waals surface area (Å²) in [4.78, 5) is 24.7. The summed E-state index contributed by atoms with van der Waals surface area (Å²) in [7, 11) is 0. The summed E-state index contributed by atoms with van der Waals surface area (Å²) in [6.07, 6.45) is -1.18. The number of carbonyl (C=O) groups is 2. The Morgan fingerprint density at radius 2 is 1.81 bits per heavy atom. The average Bonchev–Trinajstić information content (AvgIpc) is 2.66. The van der Waals surface area contributed by atoms with E-state index in [1.54, 1.807) is 6.92 Å². The average molecular weight is 377 g/mol. The second-order valence-electron chi connectivity index (χ2n) is 6.06. The number of halogens is 2. The molecule has 1 unspecified atom stereocenters. The molecule has 1 N–H and O–H groups in total. The van der Waals surface area contributed by atoms with Gasteiger partial charge in [0.05, 0.1) is 13.0 Å². The fourth-order valence-electron chi connectivity index (χ4n) is 2.50. The molecule has 0 aromatic heterocycles. The van der Waals surface area contributed by atoms with E-state index in [4.69, 9.17) is 9.84 Å². The van der Waals surface area contributed by atoms with E-state index >= 15 is 0 Å². The molecule has 0 aliphatic heterocycles. The highest BCUT2D eigenvalue weighted by Gasteiger charge is 2.23. The van der Waals surface area contributed by atoms with Crippen LogP contribution < -0.4 is 0 Å². The molecule has 2 aromatic carbocycles. The molecule has 0 aliphatic rings. The maximum atomic E-state index is 13.9. The standard InChI is InChI=1S/C20H21F2NO4/c1-14(27-13-15-6-3-2-4-7-15)20(26)23(11-10-18(24)25)12-16-8-5-9-17(21)19(16)22/h2-9,14H,10-13H2,1H3,(H,24,25). The third-order valence-corrected chi connectivity index (χ3v) is 3.99. The summed E-state index contributed by atoms with van der Waals surface area (Å²) >= 11 is 0. The molecule has 2 aromatic rings. The third kappa shape index (κ3) is 6.14. The van der Waals surface area contributed by atoms with Gasteiger partial charge in [0.2, 0.25) is 0 Å². The van der Waals surface area contributed by atoms with Gasteiger partial charge in [-0.1, -0.05) is 42.5 Å². The first-order chi connectivity index (χ1) is 12.9. The minimum atomic E-state index is -1.09. The molecule has 7 heteroatoms. The van der Waals surface area contributed by atoms with Crippen molar-refractivity contribution in [3.63, 3.8) is 0 Å². The number of carboxylic acid groups (broad SMARTS) is 1. The number of hydrogen-bond donors (Lipinski definition) is 1. The smallest absolute Gasteiger partial charge is 0.305 e. The van der Waals surface area contributed by atoms with Crippen molar-refractivity contribution in [3.05, 3.63) is 71.3 Å². The monoisotopic (exact) mass is 377 g/mol. The summed E-state index contributed by atoms with van der Waals surface area (Å²) in [6.45, 7) is 1.37. The zero-order valence-corrected chi connectivity index (χ0v) is 14.9. The van der Waals surface area contributed by atoms with Gasteiger partial charge in [-0.25, -0.2) is 8.78 Å². The van der Waals surface area contributed by atoms with Crippen LogP contribution in [-0.2, 0) is 27.5 Å². The SMILES string of the molecule is CC(OCc1ccccc1)C(=O)N(CCC(=O)O)Cc1cccc(F)c1F. The molecule has 2 rings (SSSR count). The van der Waals surface area contributed by atoms with E-state index in [-0.39, 0.29) is 31.7 Å². The van der Waals surface area contributed by atoms with Crippen LogP contribution >= 0.6 is 0 Å². The van der Waals surface area contributed by atoms with Crippen LogP contribution in [0.25, 0.3) is 0 Å². The van der Waals surface area contributed by atoms with Crippen molar-refractivity contribution in [2.24, 2.45) is 0 Å². The maximum Gasteiger partial charge on any atom is 0.305 e. The quantitative estimate of drug-likeness (QED) is 0.728. The molecule has 0 radical (unpaired) electrons. The predicted octanol–water partition coefficient (Wildman–Crippen LogP) is 3.37. The zero-order valence-electron chi connectivity index (χ0n) is 14.9. The zero-order chi connectivity index (χ0) is 19.8. The summed E-state index contributed by atoms with van der Waals surface area (Å²) in [6, 6.07) is 12.9. The van der Waals surface area contributed by atoms with Crippen molar-refractivity contribution in [1.82, 2.24) is 4.90 Å². The van der Waals surface area contributed by atoms with Crippen LogP contribution in [0.2, 0.25) is 0 Å². The maximum absolute atomic E-state index is 13.9. The third-order valence-electron chi connectivity index (χ3n) is 3.99. The van der Waals surface area contributed by atoms with Gasteiger partial charge in [-0.3, -0.25) is 9.59 Å². The Labute approximate surface area is 156 Å². The van der Waals surface area contributed by atoms with E-state index in [0.29, 0.717) is 0 Å². The van der Waals surface area contributed by atoms with Crippen LogP contribution in [0.5, 0.6) is 0 Å². The molecular formula is C20H21F2NO4.